The van der Waals surface area contributed by atoms with E-state index in [1.54, 1.807) is 13.8 Å². The molecule has 31 heavy (non-hydrogen) atoms. The van der Waals surface area contributed by atoms with Crippen LogP contribution in [0.1, 0.15) is 56.3 Å². The van der Waals surface area contributed by atoms with Crippen LogP contribution in [0.25, 0.3) is 0 Å². The molecule has 1 N–H and O–H groups in total. The van der Waals surface area contributed by atoms with Gasteiger partial charge in [-0.25, -0.2) is 0 Å². The van der Waals surface area contributed by atoms with Crippen LogP contribution < -0.4 is 0 Å². The summed E-state index contributed by atoms with van der Waals surface area (Å²) < 4.78 is 85.6. The van der Waals surface area contributed by atoms with E-state index >= 15 is 0 Å². The minimum atomic E-state index is -5.11. The zero-order chi connectivity index (χ0) is 23.9. The largest absolute Gasteiger partial charge is 0.411 e. The Morgan fingerprint density at radius 1 is 0.645 bits per heavy atom. The van der Waals surface area contributed by atoms with Gasteiger partial charge in [-0.05, 0) is 74.9 Å². The number of halogens is 6. The fourth-order valence-electron chi connectivity index (χ4n) is 4.53. The summed E-state index contributed by atoms with van der Waals surface area (Å²) in [7, 11) is 0. The molecule has 0 aliphatic rings. The lowest BCUT2D eigenvalue weighted by atomic mass is 9.76. The SMILES string of the molecule is Cc1cc(C)c(C(C(=NO)C(c2c(C)cc(C)cc2C)C(F)(F)F)C(F)(F)F)c(C)c1. The smallest absolute Gasteiger partial charge is 0.401 e. The molecule has 0 saturated heterocycles. The normalized spacial score (nSPS) is 14.3. The molecule has 8 heteroatoms. The molecule has 0 spiro atoms. The summed E-state index contributed by atoms with van der Waals surface area (Å²) in [5.41, 5.74) is 0.0340. The van der Waals surface area contributed by atoms with Crippen molar-refractivity contribution in [2.24, 2.45) is 5.16 Å². The van der Waals surface area contributed by atoms with Crippen molar-refractivity contribution in [1.29, 1.82) is 0 Å². The molecule has 0 bridgehead atoms. The summed E-state index contributed by atoms with van der Waals surface area (Å²) in [5, 5.41) is 12.2. The van der Waals surface area contributed by atoms with Crippen molar-refractivity contribution in [3.63, 3.8) is 0 Å². The predicted octanol–water partition coefficient (Wildman–Crippen LogP) is 7.36. The van der Waals surface area contributed by atoms with E-state index in [2.05, 4.69) is 5.16 Å². The molecule has 170 valence electrons. The Morgan fingerprint density at radius 2 is 0.903 bits per heavy atom. The van der Waals surface area contributed by atoms with Crippen molar-refractivity contribution >= 4 is 5.71 Å². The van der Waals surface area contributed by atoms with Crippen LogP contribution in [-0.4, -0.2) is 23.3 Å². The van der Waals surface area contributed by atoms with Gasteiger partial charge in [0.1, 0.15) is 11.8 Å². The first-order chi connectivity index (χ1) is 14.1. The van der Waals surface area contributed by atoms with Crippen molar-refractivity contribution in [3.05, 3.63) is 68.8 Å². The van der Waals surface area contributed by atoms with Crippen LogP contribution in [0.4, 0.5) is 26.3 Å². The topological polar surface area (TPSA) is 32.6 Å². The summed E-state index contributed by atoms with van der Waals surface area (Å²) in [6.45, 7) is 9.01. The molecule has 0 saturated carbocycles. The van der Waals surface area contributed by atoms with E-state index in [1.165, 1.54) is 52.0 Å². The second kappa shape index (κ2) is 8.55. The van der Waals surface area contributed by atoms with E-state index in [0.717, 1.165) is 0 Å². The van der Waals surface area contributed by atoms with Crippen LogP contribution in [0, 0.1) is 41.5 Å². The monoisotopic (exact) mass is 445 g/mol. The average molecular weight is 445 g/mol. The summed E-state index contributed by atoms with van der Waals surface area (Å²) >= 11 is 0. The third-order valence-electron chi connectivity index (χ3n) is 5.42. The van der Waals surface area contributed by atoms with Crippen molar-refractivity contribution in [2.75, 3.05) is 0 Å². The molecule has 0 aliphatic heterocycles. The molecule has 2 nitrogen and oxygen atoms in total. The summed E-state index contributed by atoms with van der Waals surface area (Å²) in [5.74, 6) is -5.44. The molecule has 0 aromatic heterocycles. The molecule has 0 radical (unpaired) electrons. The van der Waals surface area contributed by atoms with Gasteiger partial charge in [-0.1, -0.05) is 40.5 Å². The predicted molar refractivity (Wildman–Crippen MR) is 108 cm³/mol. The van der Waals surface area contributed by atoms with E-state index in [0.29, 0.717) is 11.1 Å². The highest BCUT2D eigenvalue weighted by Crippen LogP contribution is 2.48. The molecule has 0 aliphatic carbocycles. The van der Waals surface area contributed by atoms with Gasteiger partial charge in [0, 0.05) is 0 Å². The second-order valence-electron chi connectivity index (χ2n) is 8.10. The van der Waals surface area contributed by atoms with E-state index in [-0.39, 0.29) is 33.4 Å². The van der Waals surface area contributed by atoms with Crippen molar-refractivity contribution in [3.8, 4) is 0 Å². The summed E-state index contributed by atoms with van der Waals surface area (Å²) in [6.07, 6.45) is -10.2. The van der Waals surface area contributed by atoms with Gasteiger partial charge >= 0.3 is 12.4 Å². The summed E-state index contributed by atoms with van der Waals surface area (Å²) in [6, 6.07) is 5.89. The Balaban J connectivity index is 2.89. The second-order valence-corrected chi connectivity index (χ2v) is 8.10. The molecule has 0 amide bonds. The Hall–Kier alpha value is -2.51. The fourth-order valence-corrected chi connectivity index (χ4v) is 4.53. The maximum Gasteiger partial charge on any atom is 0.401 e. The van der Waals surface area contributed by atoms with Crippen molar-refractivity contribution < 1.29 is 31.5 Å². The molecule has 2 aromatic carbocycles. The van der Waals surface area contributed by atoms with Gasteiger partial charge in [-0.3, -0.25) is 0 Å². The zero-order valence-corrected chi connectivity index (χ0v) is 18.1. The average Bonchev–Trinajstić information content (AvgIpc) is 2.55. The van der Waals surface area contributed by atoms with Gasteiger partial charge < -0.3 is 5.21 Å². The van der Waals surface area contributed by atoms with Gasteiger partial charge in [-0.2, -0.15) is 26.3 Å². The Morgan fingerprint density at radius 3 is 1.10 bits per heavy atom. The minimum absolute atomic E-state index is 0.180. The van der Waals surface area contributed by atoms with E-state index in [1.807, 2.05) is 0 Å². The standard InChI is InChI=1S/C23H25F6NO/c1-11-7-13(3)17(14(4)8-11)19(22(24,25)26)21(30-31)20(23(27,28)29)18-15(5)9-12(2)10-16(18)6/h7-10,19-20,31H,1-6H3. The molecule has 0 fully saturated rings. The van der Waals surface area contributed by atoms with Crippen LogP contribution in [0.3, 0.4) is 0 Å². The third-order valence-corrected chi connectivity index (χ3v) is 5.42. The third kappa shape index (κ3) is 5.05. The van der Waals surface area contributed by atoms with Gasteiger partial charge in [-0.15, -0.1) is 0 Å². The zero-order valence-electron chi connectivity index (χ0n) is 18.1. The minimum Gasteiger partial charge on any atom is -0.411 e. The Bertz CT molecular complexity index is 881. The first kappa shape index (κ1) is 24.8. The number of benzene rings is 2. The molecule has 2 rings (SSSR count). The van der Waals surface area contributed by atoms with Crippen molar-refractivity contribution in [2.45, 2.75) is 65.7 Å². The molecule has 2 unspecified atom stereocenters. The van der Waals surface area contributed by atoms with Crippen molar-refractivity contribution in [1.82, 2.24) is 0 Å². The molecular weight excluding hydrogens is 420 g/mol. The number of alkyl halides is 6. The molecule has 0 heterocycles. The van der Waals surface area contributed by atoms with Gasteiger partial charge in [0.2, 0.25) is 0 Å². The van der Waals surface area contributed by atoms with Crippen LogP contribution >= 0.6 is 0 Å². The summed E-state index contributed by atoms with van der Waals surface area (Å²) in [4.78, 5) is 0. The first-order valence-corrected chi connectivity index (χ1v) is 9.60. The number of nitrogens with zero attached hydrogens (tertiary/aromatic N) is 1. The lowest BCUT2D eigenvalue weighted by Crippen LogP contribution is -2.39. The highest BCUT2D eigenvalue weighted by atomic mass is 19.4. The highest BCUT2D eigenvalue weighted by Gasteiger charge is 2.55. The highest BCUT2D eigenvalue weighted by molar-refractivity contribution is 5.98. The molecule has 2 aromatic rings. The lowest BCUT2D eigenvalue weighted by molar-refractivity contribution is -0.148. The van der Waals surface area contributed by atoms with Crippen LogP contribution in [0.5, 0.6) is 0 Å². The number of oxime groups is 1. The van der Waals surface area contributed by atoms with E-state index < -0.39 is 29.9 Å². The maximum atomic E-state index is 14.3. The Kier molecular flexibility index (Phi) is 6.83. The fraction of sp³-hybridized carbons (Fsp3) is 0.435. The van der Waals surface area contributed by atoms with Gasteiger partial charge in [0.25, 0.3) is 0 Å². The van der Waals surface area contributed by atoms with Gasteiger partial charge in [0.05, 0.1) is 5.71 Å². The van der Waals surface area contributed by atoms with Crippen LogP contribution in [-0.2, 0) is 0 Å². The van der Waals surface area contributed by atoms with Crippen LogP contribution in [0.2, 0.25) is 0 Å². The lowest BCUT2D eigenvalue weighted by Gasteiger charge is -2.32. The maximum absolute atomic E-state index is 14.3. The van der Waals surface area contributed by atoms with Gasteiger partial charge in [0.15, 0.2) is 0 Å². The number of hydrogen-bond donors (Lipinski definition) is 1. The quantitative estimate of drug-likeness (QED) is 0.227. The number of hydrogen-bond acceptors (Lipinski definition) is 2. The Labute approximate surface area is 177 Å². The number of aryl methyl sites for hydroxylation is 6. The number of rotatable bonds is 4. The first-order valence-electron chi connectivity index (χ1n) is 9.60. The van der Waals surface area contributed by atoms with E-state index in [9.17, 15) is 31.5 Å². The van der Waals surface area contributed by atoms with E-state index in [4.69, 9.17) is 0 Å². The molecular formula is C23H25F6NO. The molecule has 2 atom stereocenters. The van der Waals surface area contributed by atoms with Crippen LogP contribution in [0.15, 0.2) is 29.4 Å².